The van der Waals surface area contributed by atoms with E-state index in [-0.39, 0.29) is 5.41 Å². The molecule has 1 saturated carbocycles. The molecule has 1 aromatic rings. The Kier molecular flexibility index (Phi) is 3.89. The van der Waals surface area contributed by atoms with Crippen molar-refractivity contribution < 1.29 is 4.79 Å². The van der Waals surface area contributed by atoms with Crippen LogP contribution in [0, 0.1) is 5.92 Å². The number of benzene rings is 1. The highest BCUT2D eigenvalue weighted by Gasteiger charge is 2.24. The molecular formula is C17H24O. The lowest BCUT2D eigenvalue weighted by Crippen LogP contribution is -2.18. The van der Waals surface area contributed by atoms with Crippen molar-refractivity contribution in [2.75, 3.05) is 0 Å². The number of rotatable bonds is 3. The molecule has 1 heteroatoms. The Hall–Kier alpha value is -1.11. The molecule has 0 heterocycles. The van der Waals surface area contributed by atoms with Gasteiger partial charge in [0.05, 0.1) is 0 Å². The molecule has 0 bridgehead atoms. The van der Waals surface area contributed by atoms with Crippen LogP contribution in [0.15, 0.2) is 24.3 Å². The highest BCUT2D eigenvalue weighted by atomic mass is 16.1. The molecule has 0 radical (unpaired) electrons. The van der Waals surface area contributed by atoms with Crippen LogP contribution in [-0.2, 0) is 5.41 Å². The van der Waals surface area contributed by atoms with E-state index in [2.05, 4.69) is 26.8 Å². The van der Waals surface area contributed by atoms with Crippen LogP contribution < -0.4 is 0 Å². The summed E-state index contributed by atoms with van der Waals surface area (Å²) in [7, 11) is 0. The Balaban J connectivity index is 2.19. The molecule has 0 aliphatic heterocycles. The van der Waals surface area contributed by atoms with Gasteiger partial charge in [0.15, 0.2) is 5.78 Å². The Morgan fingerprint density at radius 1 is 1.17 bits per heavy atom. The summed E-state index contributed by atoms with van der Waals surface area (Å²) in [5.41, 5.74) is 2.17. The summed E-state index contributed by atoms with van der Waals surface area (Å²) < 4.78 is 0. The number of Topliss-reactive ketones (excluding diaryl/α,β-unsaturated/α-hetero) is 1. The Morgan fingerprint density at radius 2 is 1.78 bits per heavy atom. The number of carbonyl (C=O) groups is 1. The zero-order valence-corrected chi connectivity index (χ0v) is 11.8. The molecule has 98 valence electrons. The van der Waals surface area contributed by atoms with Crippen LogP contribution in [-0.4, -0.2) is 5.78 Å². The minimum absolute atomic E-state index is 0.0436. The lowest BCUT2D eigenvalue weighted by molar-refractivity contribution is 0.0960. The molecule has 1 aromatic carbocycles. The number of ketones is 1. The zero-order chi connectivity index (χ0) is 13.2. The van der Waals surface area contributed by atoms with Crippen molar-refractivity contribution in [3.63, 3.8) is 0 Å². The maximum Gasteiger partial charge on any atom is 0.163 e. The smallest absolute Gasteiger partial charge is 0.163 e. The van der Waals surface area contributed by atoms with Gasteiger partial charge in [-0.05, 0) is 16.9 Å². The van der Waals surface area contributed by atoms with Crippen molar-refractivity contribution in [3.05, 3.63) is 35.4 Å². The van der Waals surface area contributed by atoms with E-state index < -0.39 is 0 Å². The summed E-state index contributed by atoms with van der Waals surface area (Å²) in [6.07, 6.45) is 5.83. The third kappa shape index (κ3) is 3.01. The van der Waals surface area contributed by atoms with Crippen LogP contribution in [0.3, 0.4) is 0 Å². The largest absolute Gasteiger partial charge is 0.294 e. The third-order valence-corrected chi connectivity index (χ3v) is 3.98. The third-order valence-electron chi connectivity index (χ3n) is 3.98. The average molecular weight is 244 g/mol. The first kappa shape index (κ1) is 13.3. The molecule has 0 atom stereocenters. The van der Waals surface area contributed by atoms with Crippen molar-refractivity contribution in [1.82, 2.24) is 0 Å². The molecule has 0 saturated heterocycles. The number of hydrogen-bond donors (Lipinski definition) is 0. The normalized spacial score (nSPS) is 17.1. The van der Waals surface area contributed by atoms with Gasteiger partial charge < -0.3 is 0 Å². The van der Waals surface area contributed by atoms with Crippen molar-refractivity contribution in [2.45, 2.75) is 58.3 Å². The molecule has 0 unspecified atom stereocenters. The van der Waals surface area contributed by atoms with Crippen LogP contribution in [0.2, 0.25) is 0 Å². The summed E-state index contributed by atoms with van der Waals surface area (Å²) in [6, 6.07) is 8.11. The number of hydrogen-bond acceptors (Lipinski definition) is 1. The van der Waals surface area contributed by atoms with Gasteiger partial charge in [-0.2, -0.15) is 0 Å². The fourth-order valence-electron chi connectivity index (χ4n) is 2.97. The monoisotopic (exact) mass is 244 g/mol. The van der Waals surface area contributed by atoms with E-state index in [4.69, 9.17) is 0 Å². The van der Waals surface area contributed by atoms with E-state index in [1.165, 1.54) is 31.2 Å². The summed E-state index contributed by atoms with van der Waals surface area (Å²) in [4.78, 5) is 12.5. The molecule has 0 N–H and O–H groups in total. The van der Waals surface area contributed by atoms with E-state index in [1.807, 2.05) is 18.2 Å². The van der Waals surface area contributed by atoms with Gasteiger partial charge in [0.2, 0.25) is 0 Å². The van der Waals surface area contributed by atoms with Gasteiger partial charge in [-0.1, -0.05) is 70.7 Å². The first-order valence-corrected chi connectivity index (χ1v) is 7.11. The molecule has 1 aliphatic rings. The van der Waals surface area contributed by atoms with Crippen molar-refractivity contribution in [3.8, 4) is 0 Å². The Bertz CT molecular complexity index is 419. The average Bonchev–Trinajstić information content (AvgIpc) is 2.80. The second kappa shape index (κ2) is 5.26. The quantitative estimate of drug-likeness (QED) is 0.701. The van der Waals surface area contributed by atoms with E-state index in [1.54, 1.807) is 0 Å². The molecular weight excluding hydrogens is 220 g/mol. The molecule has 1 nitrogen and oxygen atoms in total. The minimum Gasteiger partial charge on any atom is -0.294 e. The van der Waals surface area contributed by atoms with Crippen molar-refractivity contribution >= 4 is 5.78 Å². The minimum atomic E-state index is 0.0436. The standard InChI is InChI=1S/C17H24O/c1-17(2,3)15-11-7-6-10-14(15)16(18)12-13-8-4-5-9-13/h6-7,10-11,13H,4-5,8-9,12H2,1-3H3. The first-order chi connectivity index (χ1) is 8.48. The predicted octanol–water partition coefficient (Wildman–Crippen LogP) is 4.75. The highest BCUT2D eigenvalue weighted by Crippen LogP contribution is 2.31. The fourth-order valence-corrected chi connectivity index (χ4v) is 2.97. The van der Waals surface area contributed by atoms with Crippen molar-refractivity contribution in [1.29, 1.82) is 0 Å². The van der Waals surface area contributed by atoms with Crippen molar-refractivity contribution in [2.24, 2.45) is 5.92 Å². The van der Waals surface area contributed by atoms with Gasteiger partial charge in [-0.3, -0.25) is 4.79 Å². The summed E-state index contributed by atoms with van der Waals surface area (Å²) in [5, 5.41) is 0. The summed E-state index contributed by atoms with van der Waals surface area (Å²) in [6.45, 7) is 6.53. The van der Waals surface area contributed by atoms with E-state index in [9.17, 15) is 4.79 Å². The highest BCUT2D eigenvalue weighted by molar-refractivity contribution is 5.98. The molecule has 0 aromatic heterocycles. The van der Waals surface area contributed by atoms with Crippen LogP contribution in [0.25, 0.3) is 0 Å². The van der Waals surface area contributed by atoms with Crippen LogP contribution >= 0.6 is 0 Å². The maximum absolute atomic E-state index is 12.5. The van der Waals surface area contributed by atoms with Crippen LogP contribution in [0.4, 0.5) is 0 Å². The van der Waals surface area contributed by atoms with Gasteiger partial charge in [-0.25, -0.2) is 0 Å². The Morgan fingerprint density at radius 3 is 2.39 bits per heavy atom. The predicted molar refractivity (Wildman–Crippen MR) is 76.0 cm³/mol. The van der Waals surface area contributed by atoms with Gasteiger partial charge >= 0.3 is 0 Å². The maximum atomic E-state index is 12.5. The molecule has 0 amide bonds. The summed E-state index contributed by atoms with van der Waals surface area (Å²) >= 11 is 0. The van der Waals surface area contributed by atoms with Gasteiger partial charge in [0, 0.05) is 12.0 Å². The molecule has 2 rings (SSSR count). The van der Waals surface area contributed by atoms with E-state index >= 15 is 0 Å². The number of carbonyl (C=O) groups excluding carboxylic acids is 1. The lowest BCUT2D eigenvalue weighted by Gasteiger charge is -2.22. The van der Waals surface area contributed by atoms with Gasteiger partial charge in [-0.15, -0.1) is 0 Å². The summed E-state index contributed by atoms with van der Waals surface area (Å²) in [5.74, 6) is 0.970. The van der Waals surface area contributed by atoms with Gasteiger partial charge in [0.25, 0.3) is 0 Å². The Labute approximate surface area is 111 Å². The molecule has 0 spiro atoms. The SMILES string of the molecule is CC(C)(C)c1ccccc1C(=O)CC1CCCC1. The second-order valence-electron chi connectivity index (χ2n) is 6.57. The lowest BCUT2D eigenvalue weighted by atomic mass is 9.81. The molecule has 1 fully saturated rings. The molecule has 1 aliphatic carbocycles. The first-order valence-electron chi connectivity index (χ1n) is 7.11. The molecule has 18 heavy (non-hydrogen) atoms. The van der Waals surface area contributed by atoms with Gasteiger partial charge in [0.1, 0.15) is 0 Å². The fraction of sp³-hybridized carbons (Fsp3) is 0.588. The second-order valence-corrected chi connectivity index (χ2v) is 6.57. The topological polar surface area (TPSA) is 17.1 Å². The van der Waals surface area contributed by atoms with Crippen LogP contribution in [0.5, 0.6) is 0 Å². The van der Waals surface area contributed by atoms with E-state index in [0.717, 1.165) is 12.0 Å². The van der Waals surface area contributed by atoms with E-state index in [0.29, 0.717) is 11.7 Å². The van der Waals surface area contributed by atoms with Crippen LogP contribution in [0.1, 0.15) is 68.8 Å². The zero-order valence-electron chi connectivity index (χ0n) is 11.8.